The Kier molecular flexibility index (Phi) is 2.73. The van der Waals surface area contributed by atoms with E-state index in [0.29, 0.717) is 6.61 Å². The van der Waals surface area contributed by atoms with Gasteiger partial charge in [-0.15, -0.1) is 11.3 Å². The standard InChI is InChI=1S/C17H16O3S/c1-8-3-4-12-11(5-8)16-13(21-12)6-10-7-20-17(19)15(10)14(16)9(2)18/h3-5,10,14-15H,6-7H2,1-2H3/t10-,14+,15-/m1/s1. The Bertz CT molecular complexity index is 774. The van der Waals surface area contributed by atoms with Gasteiger partial charge in [-0.2, -0.15) is 0 Å². The van der Waals surface area contributed by atoms with Crippen LogP contribution in [0.4, 0.5) is 0 Å². The number of aryl methyl sites for hydroxylation is 1. The van der Waals surface area contributed by atoms with Gasteiger partial charge in [-0.25, -0.2) is 0 Å². The summed E-state index contributed by atoms with van der Waals surface area (Å²) in [5, 5.41) is 1.15. The maximum absolute atomic E-state index is 12.3. The zero-order valence-corrected chi connectivity index (χ0v) is 12.8. The maximum atomic E-state index is 12.3. The van der Waals surface area contributed by atoms with Crippen molar-refractivity contribution in [2.24, 2.45) is 11.8 Å². The molecule has 1 fully saturated rings. The molecule has 2 aliphatic rings. The number of esters is 1. The number of carbonyl (C=O) groups excluding carboxylic acids is 2. The second-order valence-electron chi connectivity index (χ2n) is 6.15. The van der Waals surface area contributed by atoms with Crippen LogP contribution in [0.25, 0.3) is 10.1 Å². The van der Waals surface area contributed by atoms with Crippen LogP contribution < -0.4 is 0 Å². The van der Waals surface area contributed by atoms with Gasteiger partial charge in [0, 0.05) is 15.5 Å². The summed E-state index contributed by atoms with van der Waals surface area (Å²) in [5.74, 6) is -0.575. The van der Waals surface area contributed by atoms with Crippen molar-refractivity contribution in [1.82, 2.24) is 0 Å². The van der Waals surface area contributed by atoms with E-state index in [-0.39, 0.29) is 29.5 Å². The summed E-state index contributed by atoms with van der Waals surface area (Å²) in [6, 6.07) is 6.36. The summed E-state index contributed by atoms with van der Waals surface area (Å²) in [6.07, 6.45) is 0.855. The third kappa shape index (κ3) is 1.78. The lowest BCUT2D eigenvalue weighted by molar-refractivity contribution is -0.143. The van der Waals surface area contributed by atoms with Gasteiger partial charge in [0.15, 0.2) is 0 Å². The van der Waals surface area contributed by atoms with Crippen molar-refractivity contribution >= 4 is 33.2 Å². The molecule has 108 valence electrons. The molecule has 0 unspecified atom stereocenters. The number of hydrogen-bond acceptors (Lipinski definition) is 4. The first kappa shape index (κ1) is 13.0. The SMILES string of the molecule is CC(=O)[C@@H]1c2c(sc3ccc(C)cc23)C[C@@H]2COC(=O)[C@H]21. The summed E-state index contributed by atoms with van der Waals surface area (Å²) in [5.41, 5.74) is 2.27. The van der Waals surface area contributed by atoms with E-state index in [0.717, 1.165) is 17.4 Å². The number of ether oxygens (including phenoxy) is 1. The van der Waals surface area contributed by atoms with E-state index in [1.165, 1.54) is 15.1 Å². The van der Waals surface area contributed by atoms with Gasteiger partial charge in [0.1, 0.15) is 5.78 Å². The molecule has 0 bridgehead atoms. The molecule has 21 heavy (non-hydrogen) atoms. The molecule has 4 heteroatoms. The average Bonchev–Trinajstić information content (AvgIpc) is 2.97. The number of carbonyl (C=O) groups is 2. The van der Waals surface area contributed by atoms with Crippen molar-refractivity contribution in [3.05, 3.63) is 34.2 Å². The van der Waals surface area contributed by atoms with Crippen LogP contribution in [0.5, 0.6) is 0 Å². The lowest BCUT2D eigenvalue weighted by Crippen LogP contribution is -2.33. The van der Waals surface area contributed by atoms with Gasteiger partial charge < -0.3 is 4.74 Å². The third-order valence-electron chi connectivity index (χ3n) is 4.73. The number of cyclic esters (lactones) is 1. The number of ketones is 1. The summed E-state index contributed by atoms with van der Waals surface area (Å²) in [6.45, 7) is 4.11. The van der Waals surface area contributed by atoms with Crippen LogP contribution >= 0.6 is 11.3 Å². The van der Waals surface area contributed by atoms with Gasteiger partial charge in [-0.05, 0) is 37.3 Å². The third-order valence-corrected chi connectivity index (χ3v) is 5.94. The van der Waals surface area contributed by atoms with Crippen molar-refractivity contribution in [3.8, 4) is 0 Å². The Labute approximate surface area is 126 Å². The van der Waals surface area contributed by atoms with E-state index in [1.807, 2.05) is 0 Å². The van der Waals surface area contributed by atoms with Gasteiger partial charge >= 0.3 is 5.97 Å². The Hall–Kier alpha value is -1.68. The van der Waals surface area contributed by atoms with Crippen molar-refractivity contribution in [1.29, 1.82) is 0 Å². The topological polar surface area (TPSA) is 43.4 Å². The van der Waals surface area contributed by atoms with E-state index < -0.39 is 0 Å². The normalized spacial score (nSPS) is 27.3. The van der Waals surface area contributed by atoms with Crippen LogP contribution in [0, 0.1) is 18.8 Å². The van der Waals surface area contributed by atoms with Crippen LogP contribution in [0.3, 0.4) is 0 Å². The van der Waals surface area contributed by atoms with Crippen LogP contribution in [-0.2, 0) is 20.7 Å². The Morgan fingerprint density at radius 1 is 1.38 bits per heavy atom. The fourth-order valence-electron chi connectivity index (χ4n) is 3.82. The molecular formula is C17H16O3S. The largest absolute Gasteiger partial charge is 0.465 e. The highest BCUT2D eigenvalue weighted by molar-refractivity contribution is 7.19. The second-order valence-corrected chi connectivity index (χ2v) is 7.28. The molecule has 4 rings (SSSR count). The number of rotatable bonds is 1. The number of fused-ring (bicyclic) bond motifs is 4. The molecule has 1 aromatic carbocycles. The van der Waals surface area contributed by atoms with E-state index >= 15 is 0 Å². The summed E-state index contributed by atoms with van der Waals surface area (Å²) >= 11 is 1.76. The minimum atomic E-state index is -0.329. The molecular weight excluding hydrogens is 284 g/mol. The second kappa shape index (κ2) is 4.41. The molecule has 2 aromatic rings. The predicted molar refractivity (Wildman–Crippen MR) is 81.6 cm³/mol. The number of Topliss-reactive ketones (excluding diaryl/α,β-unsaturated/α-hetero) is 1. The van der Waals surface area contributed by atoms with E-state index in [4.69, 9.17) is 4.74 Å². The lowest BCUT2D eigenvalue weighted by Gasteiger charge is -2.29. The first-order valence-corrected chi connectivity index (χ1v) is 8.07. The molecule has 1 aliphatic heterocycles. The van der Waals surface area contributed by atoms with Crippen molar-refractivity contribution in [2.75, 3.05) is 6.61 Å². The van der Waals surface area contributed by atoms with E-state index in [1.54, 1.807) is 18.3 Å². The molecule has 1 saturated heterocycles. The molecule has 3 atom stereocenters. The molecule has 0 spiro atoms. The monoisotopic (exact) mass is 300 g/mol. The highest BCUT2D eigenvalue weighted by atomic mass is 32.1. The summed E-state index contributed by atoms with van der Waals surface area (Å²) in [7, 11) is 0. The molecule has 1 aromatic heterocycles. The first-order chi connectivity index (χ1) is 10.1. The van der Waals surface area contributed by atoms with Crippen molar-refractivity contribution in [3.63, 3.8) is 0 Å². The van der Waals surface area contributed by atoms with Crippen LogP contribution in [0.15, 0.2) is 18.2 Å². The number of hydrogen-bond donors (Lipinski definition) is 0. The van der Waals surface area contributed by atoms with E-state index in [9.17, 15) is 9.59 Å². The molecule has 0 radical (unpaired) electrons. The van der Waals surface area contributed by atoms with E-state index in [2.05, 4.69) is 25.1 Å². The van der Waals surface area contributed by atoms with Gasteiger partial charge in [0.05, 0.1) is 18.4 Å². The quantitative estimate of drug-likeness (QED) is 0.759. The zero-order valence-electron chi connectivity index (χ0n) is 12.0. The molecule has 1 aliphatic carbocycles. The summed E-state index contributed by atoms with van der Waals surface area (Å²) < 4.78 is 6.44. The zero-order chi connectivity index (χ0) is 14.7. The fraction of sp³-hybridized carbons (Fsp3) is 0.412. The summed E-state index contributed by atoms with van der Waals surface area (Å²) in [4.78, 5) is 25.6. The first-order valence-electron chi connectivity index (χ1n) is 7.25. The van der Waals surface area contributed by atoms with Gasteiger partial charge in [0.2, 0.25) is 0 Å². The molecule has 0 saturated carbocycles. The average molecular weight is 300 g/mol. The molecule has 3 nitrogen and oxygen atoms in total. The molecule has 0 amide bonds. The fourth-order valence-corrected chi connectivity index (χ4v) is 5.15. The number of benzene rings is 1. The van der Waals surface area contributed by atoms with Gasteiger partial charge in [0.25, 0.3) is 0 Å². The minimum absolute atomic E-state index is 0.0750. The van der Waals surface area contributed by atoms with Crippen molar-refractivity contribution in [2.45, 2.75) is 26.2 Å². The highest BCUT2D eigenvalue weighted by Gasteiger charge is 2.49. The Balaban J connectivity index is 1.99. The highest BCUT2D eigenvalue weighted by Crippen LogP contribution is 2.49. The Morgan fingerprint density at radius 2 is 2.19 bits per heavy atom. The smallest absolute Gasteiger partial charge is 0.310 e. The molecule has 0 N–H and O–H groups in total. The van der Waals surface area contributed by atoms with Gasteiger partial charge in [-0.3, -0.25) is 9.59 Å². The lowest BCUT2D eigenvalue weighted by atomic mass is 9.70. The van der Waals surface area contributed by atoms with Crippen molar-refractivity contribution < 1.29 is 14.3 Å². The maximum Gasteiger partial charge on any atom is 0.310 e. The van der Waals surface area contributed by atoms with Crippen LogP contribution in [0.1, 0.15) is 28.8 Å². The molecule has 2 heterocycles. The minimum Gasteiger partial charge on any atom is -0.465 e. The van der Waals surface area contributed by atoms with Gasteiger partial charge in [-0.1, -0.05) is 17.7 Å². The predicted octanol–water partition coefficient (Wildman–Crippen LogP) is 3.23. The van der Waals surface area contributed by atoms with Crippen LogP contribution in [0.2, 0.25) is 0 Å². The Morgan fingerprint density at radius 3 is 2.95 bits per heavy atom. The number of thiophene rings is 1. The van der Waals surface area contributed by atoms with Crippen LogP contribution in [-0.4, -0.2) is 18.4 Å².